The normalized spacial score (nSPS) is 10.6. The van der Waals surface area contributed by atoms with Gasteiger partial charge in [0.2, 0.25) is 0 Å². The molecule has 0 aromatic heterocycles. The first-order valence-electron chi connectivity index (χ1n) is 4.04. The predicted octanol–water partition coefficient (Wildman–Crippen LogP) is 4.18. The van der Waals surface area contributed by atoms with E-state index < -0.39 is 0 Å². The monoisotopic (exact) mass is 302 g/mol. The van der Waals surface area contributed by atoms with Crippen LogP contribution in [-0.2, 0) is 5.88 Å². The molecule has 66 valence electrons. The largest absolute Gasteiger partial charge is 0.122 e. The Labute approximate surface area is 96.0 Å². The molecule has 0 N–H and O–H groups in total. The molecule has 0 radical (unpaired) electrons. The lowest BCUT2D eigenvalue weighted by molar-refractivity contribution is 1.39. The summed E-state index contributed by atoms with van der Waals surface area (Å²) in [4.78, 5) is 0. The van der Waals surface area contributed by atoms with E-state index in [0.29, 0.717) is 5.88 Å². The van der Waals surface area contributed by atoms with Crippen molar-refractivity contribution in [3.05, 3.63) is 45.5 Å². The van der Waals surface area contributed by atoms with Gasteiger partial charge in [-0.2, -0.15) is 0 Å². The molecule has 0 spiro atoms. The molecule has 2 rings (SSSR count). The molecule has 0 aliphatic heterocycles. The van der Waals surface area contributed by atoms with Crippen LogP contribution in [0.3, 0.4) is 0 Å². The Kier molecular flexibility index (Phi) is 2.74. The Hall–Kier alpha value is -0.280. The zero-order valence-corrected chi connectivity index (χ0v) is 9.84. The molecule has 0 aliphatic rings. The first kappa shape index (κ1) is 9.28. The van der Waals surface area contributed by atoms with Gasteiger partial charge in [-0.25, -0.2) is 0 Å². The second-order valence-electron chi connectivity index (χ2n) is 2.92. The SMILES string of the molecule is ClCc1cc2ccccc2cc1I. The molecule has 2 aromatic carbocycles. The molecule has 13 heavy (non-hydrogen) atoms. The number of rotatable bonds is 1. The molecular weight excluding hydrogens is 294 g/mol. The lowest BCUT2D eigenvalue weighted by Gasteiger charge is -2.03. The maximum Gasteiger partial charge on any atom is 0.0484 e. The lowest BCUT2D eigenvalue weighted by atomic mass is 10.1. The molecule has 2 heteroatoms. The number of fused-ring (bicyclic) bond motifs is 1. The zero-order valence-electron chi connectivity index (χ0n) is 6.93. The second-order valence-corrected chi connectivity index (χ2v) is 4.35. The Morgan fingerprint density at radius 3 is 2.31 bits per heavy atom. The lowest BCUT2D eigenvalue weighted by Crippen LogP contribution is -1.84. The van der Waals surface area contributed by atoms with Crippen molar-refractivity contribution in [2.24, 2.45) is 0 Å². The summed E-state index contributed by atoms with van der Waals surface area (Å²) in [5.41, 5.74) is 1.21. The first-order chi connectivity index (χ1) is 6.31. The highest BCUT2D eigenvalue weighted by Crippen LogP contribution is 2.22. The van der Waals surface area contributed by atoms with Gasteiger partial charge in [0.25, 0.3) is 0 Å². The van der Waals surface area contributed by atoms with E-state index >= 15 is 0 Å². The summed E-state index contributed by atoms with van der Waals surface area (Å²) in [6.07, 6.45) is 0. The fourth-order valence-corrected chi connectivity index (χ4v) is 2.49. The van der Waals surface area contributed by atoms with Crippen molar-refractivity contribution in [2.75, 3.05) is 0 Å². The topological polar surface area (TPSA) is 0 Å². The molecule has 0 amide bonds. The summed E-state index contributed by atoms with van der Waals surface area (Å²) in [5.74, 6) is 0.586. The highest BCUT2D eigenvalue weighted by Gasteiger charge is 2.00. The molecule has 2 aromatic rings. The molecule has 0 nitrogen and oxygen atoms in total. The van der Waals surface area contributed by atoms with Crippen LogP contribution in [0.2, 0.25) is 0 Å². The molecule has 0 fully saturated rings. The Morgan fingerprint density at radius 2 is 1.69 bits per heavy atom. The average Bonchev–Trinajstić information content (AvgIpc) is 2.17. The van der Waals surface area contributed by atoms with Crippen molar-refractivity contribution >= 4 is 45.0 Å². The van der Waals surface area contributed by atoms with Crippen molar-refractivity contribution in [3.8, 4) is 0 Å². The molecule has 0 bridgehead atoms. The quantitative estimate of drug-likeness (QED) is 0.547. The summed E-state index contributed by atoms with van der Waals surface area (Å²) in [6, 6.07) is 12.7. The Balaban J connectivity index is 2.74. The van der Waals surface area contributed by atoms with E-state index in [1.165, 1.54) is 19.9 Å². The van der Waals surface area contributed by atoms with Gasteiger partial charge < -0.3 is 0 Å². The standard InChI is InChI=1S/C11H8ClI/c12-7-10-5-8-3-1-2-4-9(8)6-11(10)13/h1-6H,7H2. The third-order valence-corrected chi connectivity index (χ3v) is 3.35. The Morgan fingerprint density at radius 1 is 1.08 bits per heavy atom. The number of hydrogen-bond acceptors (Lipinski definition) is 0. The molecular formula is C11H8ClI. The molecule has 0 heterocycles. The maximum absolute atomic E-state index is 5.83. The van der Waals surface area contributed by atoms with Gasteiger partial charge in [0.1, 0.15) is 0 Å². The number of hydrogen-bond donors (Lipinski definition) is 0. The van der Waals surface area contributed by atoms with Crippen LogP contribution in [0.15, 0.2) is 36.4 Å². The summed E-state index contributed by atoms with van der Waals surface area (Å²) < 4.78 is 1.24. The van der Waals surface area contributed by atoms with Crippen LogP contribution < -0.4 is 0 Å². The van der Waals surface area contributed by atoms with E-state index in [0.717, 1.165) is 0 Å². The maximum atomic E-state index is 5.83. The number of benzene rings is 2. The minimum Gasteiger partial charge on any atom is -0.122 e. The molecule has 0 saturated carbocycles. The van der Waals surface area contributed by atoms with Gasteiger partial charge in [-0.15, -0.1) is 11.6 Å². The average molecular weight is 303 g/mol. The van der Waals surface area contributed by atoms with E-state index in [1.54, 1.807) is 0 Å². The number of halogens is 2. The van der Waals surface area contributed by atoms with Crippen molar-refractivity contribution in [1.82, 2.24) is 0 Å². The fourth-order valence-electron chi connectivity index (χ4n) is 1.36. The molecule has 0 unspecified atom stereocenters. The van der Waals surface area contributed by atoms with Gasteiger partial charge >= 0.3 is 0 Å². The molecule has 0 saturated heterocycles. The third-order valence-electron chi connectivity index (χ3n) is 2.06. The summed E-state index contributed by atoms with van der Waals surface area (Å²) >= 11 is 8.15. The predicted molar refractivity (Wildman–Crippen MR) is 66.2 cm³/mol. The van der Waals surface area contributed by atoms with Crippen LogP contribution in [0.4, 0.5) is 0 Å². The van der Waals surface area contributed by atoms with E-state index in [1.807, 2.05) is 6.07 Å². The van der Waals surface area contributed by atoms with Crippen LogP contribution in [-0.4, -0.2) is 0 Å². The van der Waals surface area contributed by atoms with Crippen molar-refractivity contribution in [3.63, 3.8) is 0 Å². The summed E-state index contributed by atoms with van der Waals surface area (Å²) in [7, 11) is 0. The van der Waals surface area contributed by atoms with Crippen LogP contribution in [0.1, 0.15) is 5.56 Å². The minimum absolute atomic E-state index is 0.586. The van der Waals surface area contributed by atoms with E-state index in [9.17, 15) is 0 Å². The second kappa shape index (κ2) is 3.84. The van der Waals surface area contributed by atoms with Crippen LogP contribution in [0.25, 0.3) is 10.8 Å². The fraction of sp³-hybridized carbons (Fsp3) is 0.0909. The van der Waals surface area contributed by atoms with Gasteiger partial charge in [0.15, 0.2) is 0 Å². The summed E-state index contributed by atoms with van der Waals surface area (Å²) in [5, 5.41) is 2.54. The van der Waals surface area contributed by atoms with Crippen molar-refractivity contribution in [1.29, 1.82) is 0 Å². The number of alkyl halides is 1. The third kappa shape index (κ3) is 1.81. The highest BCUT2D eigenvalue weighted by atomic mass is 127. The summed E-state index contributed by atoms with van der Waals surface area (Å²) in [6.45, 7) is 0. The zero-order chi connectivity index (χ0) is 9.26. The van der Waals surface area contributed by atoms with Crippen LogP contribution in [0, 0.1) is 3.57 Å². The first-order valence-corrected chi connectivity index (χ1v) is 5.66. The van der Waals surface area contributed by atoms with Gasteiger partial charge in [-0.05, 0) is 51.1 Å². The smallest absolute Gasteiger partial charge is 0.0484 e. The van der Waals surface area contributed by atoms with E-state index in [4.69, 9.17) is 11.6 Å². The van der Waals surface area contributed by atoms with E-state index in [-0.39, 0.29) is 0 Å². The minimum atomic E-state index is 0.586. The van der Waals surface area contributed by atoms with Gasteiger partial charge in [0, 0.05) is 9.45 Å². The Bertz CT molecular complexity index is 437. The highest BCUT2D eigenvalue weighted by molar-refractivity contribution is 14.1. The molecule has 0 aliphatic carbocycles. The van der Waals surface area contributed by atoms with Crippen molar-refractivity contribution in [2.45, 2.75) is 5.88 Å². The van der Waals surface area contributed by atoms with Gasteiger partial charge in [-0.3, -0.25) is 0 Å². The van der Waals surface area contributed by atoms with Gasteiger partial charge in [-0.1, -0.05) is 24.3 Å². The van der Waals surface area contributed by atoms with Gasteiger partial charge in [0.05, 0.1) is 0 Å². The van der Waals surface area contributed by atoms with E-state index in [2.05, 4.69) is 52.9 Å². The van der Waals surface area contributed by atoms with Crippen molar-refractivity contribution < 1.29 is 0 Å². The van der Waals surface area contributed by atoms with Crippen LogP contribution >= 0.6 is 34.2 Å². The molecule has 0 atom stereocenters. The van der Waals surface area contributed by atoms with Crippen LogP contribution in [0.5, 0.6) is 0 Å².